The van der Waals surface area contributed by atoms with Gasteiger partial charge >= 0.3 is 0 Å². The van der Waals surface area contributed by atoms with Crippen molar-refractivity contribution in [3.8, 4) is 0 Å². The number of aliphatic hydroxyl groups is 1. The molecule has 2 heterocycles. The van der Waals surface area contributed by atoms with E-state index in [1.54, 1.807) is 6.07 Å². The minimum atomic E-state index is -0.645. The summed E-state index contributed by atoms with van der Waals surface area (Å²) < 4.78 is 34.7. The predicted octanol–water partition coefficient (Wildman–Crippen LogP) is 8.50. The van der Waals surface area contributed by atoms with Crippen molar-refractivity contribution in [2.45, 2.75) is 92.5 Å². The van der Waals surface area contributed by atoms with E-state index in [2.05, 4.69) is 55.0 Å². The third kappa shape index (κ3) is 7.33. The Labute approximate surface area is 251 Å². The van der Waals surface area contributed by atoms with Gasteiger partial charge in [0.05, 0.1) is 5.60 Å². The fourth-order valence-electron chi connectivity index (χ4n) is 6.05. The Morgan fingerprint density at radius 3 is 2.33 bits per heavy atom. The molecule has 0 bridgehead atoms. The highest BCUT2D eigenvalue weighted by atomic mass is 19.1. The van der Waals surface area contributed by atoms with Crippen LogP contribution >= 0.6 is 0 Å². The first-order valence-corrected chi connectivity index (χ1v) is 15.0. The normalized spacial score (nSPS) is 18.7. The van der Waals surface area contributed by atoms with Gasteiger partial charge in [0.1, 0.15) is 23.5 Å². The average molecular weight is 579 g/mol. The van der Waals surface area contributed by atoms with Crippen LogP contribution in [0.3, 0.4) is 0 Å². The number of allylic oxidation sites excluding steroid dienone is 1. The van der Waals surface area contributed by atoms with Crippen LogP contribution in [0.5, 0.6) is 0 Å². The molecule has 2 aliphatic heterocycles. The Balaban J connectivity index is 1.62. The molecule has 0 aromatic heterocycles. The minimum absolute atomic E-state index is 0.0108. The molecule has 4 nitrogen and oxygen atoms in total. The third-order valence-corrected chi connectivity index (χ3v) is 8.70. The van der Waals surface area contributed by atoms with Crippen LogP contribution in [-0.4, -0.2) is 46.2 Å². The third-order valence-electron chi connectivity index (χ3n) is 8.70. The zero-order chi connectivity index (χ0) is 31.0. The number of hydrogen-bond donors (Lipinski definition) is 1. The van der Waals surface area contributed by atoms with Gasteiger partial charge in [-0.3, -0.25) is 4.90 Å². The molecule has 2 aromatic rings. The van der Waals surface area contributed by atoms with Gasteiger partial charge in [-0.2, -0.15) is 0 Å². The number of piperidine rings is 1. The molecule has 0 aliphatic carbocycles. The molecule has 6 heteroatoms. The van der Waals surface area contributed by atoms with Crippen molar-refractivity contribution in [1.29, 1.82) is 0 Å². The second kappa shape index (κ2) is 12.3. The second-order valence-electron chi connectivity index (χ2n) is 13.9. The summed E-state index contributed by atoms with van der Waals surface area (Å²) in [5.74, 6) is -0.976. The van der Waals surface area contributed by atoms with E-state index in [0.29, 0.717) is 18.7 Å². The summed E-state index contributed by atoms with van der Waals surface area (Å²) in [6, 6.07) is 9.39. The van der Waals surface area contributed by atoms with Crippen molar-refractivity contribution in [3.05, 3.63) is 100.0 Å². The summed E-state index contributed by atoms with van der Waals surface area (Å²) in [5, 5.41) is 10.6. The number of benzene rings is 2. The van der Waals surface area contributed by atoms with Gasteiger partial charge in [-0.15, -0.1) is 0 Å². The topological polar surface area (TPSA) is 35.9 Å². The van der Waals surface area contributed by atoms with Crippen molar-refractivity contribution < 1.29 is 18.6 Å². The van der Waals surface area contributed by atoms with Gasteiger partial charge in [-0.25, -0.2) is 8.78 Å². The van der Waals surface area contributed by atoms with Crippen LogP contribution in [0, 0.1) is 24.0 Å². The minimum Gasteiger partial charge on any atom is -0.510 e. The van der Waals surface area contributed by atoms with Crippen molar-refractivity contribution in [3.63, 3.8) is 0 Å². The Hall–Kier alpha value is -2.96. The molecule has 1 fully saturated rings. The fourth-order valence-corrected chi connectivity index (χ4v) is 6.05. The monoisotopic (exact) mass is 578 g/mol. The van der Waals surface area contributed by atoms with Crippen LogP contribution in [0.15, 0.2) is 60.5 Å². The largest absolute Gasteiger partial charge is 0.510 e. The molecule has 0 amide bonds. The first-order chi connectivity index (χ1) is 19.6. The molecule has 0 unspecified atom stereocenters. The van der Waals surface area contributed by atoms with Crippen molar-refractivity contribution in [1.82, 2.24) is 9.80 Å². The molecule has 228 valence electrons. The molecule has 2 aromatic carbocycles. The van der Waals surface area contributed by atoms with Crippen molar-refractivity contribution in [2.75, 3.05) is 19.6 Å². The number of rotatable bonds is 8. The summed E-state index contributed by atoms with van der Waals surface area (Å²) in [6.07, 6.45) is 2.32. The van der Waals surface area contributed by atoms with Crippen molar-refractivity contribution in [2.24, 2.45) is 5.41 Å². The number of hydrogen-bond acceptors (Lipinski definition) is 4. The summed E-state index contributed by atoms with van der Waals surface area (Å²) in [7, 11) is 0. The van der Waals surface area contributed by atoms with Crippen LogP contribution in [0.1, 0.15) is 82.2 Å². The molecule has 2 aliphatic rings. The van der Waals surface area contributed by atoms with Crippen molar-refractivity contribution >= 4 is 5.57 Å². The fraction of sp³-hybridized carbons (Fsp3) is 0.500. The number of ether oxygens (including phenoxy) is 1. The standard InChI is InChI=1S/C36H48F2N2O2/c1-23(33(40-18-15-36(8,9)16-19-40)25(3)34(26(4)41)42-35(5,6)7)27-10-11-29-21-39(17-14-28(29)20-27)22-30-12-13-31(37)24(2)32(30)38/h10-13,20,34,41H,1,4,14-19,21-22H2,2-3,5-9H3/b33-25-/t34-/m0/s1. The Bertz CT molecular complexity index is 1380. The lowest BCUT2D eigenvalue weighted by Gasteiger charge is -2.41. The number of fused-ring (bicyclic) bond motifs is 1. The molecule has 0 spiro atoms. The summed E-state index contributed by atoms with van der Waals surface area (Å²) in [5.41, 5.74) is 6.73. The molecular formula is C36H48F2N2O2. The van der Waals surface area contributed by atoms with Gasteiger partial charge < -0.3 is 14.7 Å². The highest BCUT2D eigenvalue weighted by Gasteiger charge is 2.32. The number of likely N-dealkylation sites (tertiary alicyclic amines) is 1. The molecule has 42 heavy (non-hydrogen) atoms. The van der Waals surface area contributed by atoms with E-state index in [0.717, 1.165) is 61.3 Å². The molecule has 0 saturated carbocycles. The van der Waals surface area contributed by atoms with Gasteiger partial charge in [0.25, 0.3) is 0 Å². The zero-order valence-corrected chi connectivity index (χ0v) is 26.5. The summed E-state index contributed by atoms with van der Waals surface area (Å²) in [4.78, 5) is 4.60. The van der Waals surface area contributed by atoms with E-state index in [1.165, 1.54) is 24.1 Å². The van der Waals surface area contributed by atoms with E-state index in [4.69, 9.17) is 4.74 Å². The van der Waals surface area contributed by atoms with E-state index in [1.807, 2.05) is 27.7 Å². The highest BCUT2D eigenvalue weighted by molar-refractivity contribution is 5.78. The lowest BCUT2D eigenvalue weighted by atomic mass is 9.81. The molecule has 4 rings (SSSR count). The van der Waals surface area contributed by atoms with E-state index in [9.17, 15) is 13.9 Å². The Morgan fingerprint density at radius 1 is 1.05 bits per heavy atom. The smallest absolute Gasteiger partial charge is 0.137 e. The highest BCUT2D eigenvalue weighted by Crippen LogP contribution is 2.38. The second-order valence-corrected chi connectivity index (χ2v) is 13.9. The Morgan fingerprint density at radius 2 is 1.71 bits per heavy atom. The van der Waals surface area contributed by atoms with E-state index in [-0.39, 0.29) is 16.7 Å². The van der Waals surface area contributed by atoms with Crippen LogP contribution in [0.25, 0.3) is 5.57 Å². The molecule has 0 radical (unpaired) electrons. The van der Waals surface area contributed by atoms with Gasteiger partial charge in [-0.05, 0) is 93.2 Å². The van der Waals surface area contributed by atoms with Gasteiger partial charge in [-0.1, -0.05) is 51.3 Å². The van der Waals surface area contributed by atoms with Gasteiger partial charge in [0, 0.05) is 49.5 Å². The average Bonchev–Trinajstić information content (AvgIpc) is 2.92. The molecule has 1 N–H and O–H groups in total. The van der Waals surface area contributed by atoms with Crippen LogP contribution in [-0.2, 0) is 24.2 Å². The number of aliphatic hydroxyl groups excluding tert-OH is 1. The first-order valence-electron chi connectivity index (χ1n) is 15.0. The molecule has 1 saturated heterocycles. The predicted molar refractivity (Wildman–Crippen MR) is 168 cm³/mol. The SMILES string of the molecule is C=C(/C(=C(\C)[C@H](OC(C)(C)C)C(=C)O)N1CCC(C)(C)CC1)c1ccc2c(c1)CCN(Cc1ccc(F)c(C)c1F)C2. The Kier molecular flexibility index (Phi) is 9.39. The van der Waals surface area contributed by atoms with Gasteiger partial charge in [0.15, 0.2) is 0 Å². The lowest BCUT2D eigenvalue weighted by molar-refractivity contribution is -0.0423. The maximum absolute atomic E-state index is 14.7. The molecular weight excluding hydrogens is 530 g/mol. The summed E-state index contributed by atoms with van der Waals surface area (Å²) in [6.45, 7) is 26.2. The van der Waals surface area contributed by atoms with Gasteiger partial charge in [0.2, 0.25) is 0 Å². The number of nitrogens with zero attached hydrogens (tertiary/aromatic N) is 2. The maximum atomic E-state index is 14.7. The van der Waals surface area contributed by atoms with Crippen LogP contribution in [0.4, 0.5) is 8.78 Å². The zero-order valence-electron chi connectivity index (χ0n) is 26.5. The van der Waals surface area contributed by atoms with E-state index < -0.39 is 23.3 Å². The van der Waals surface area contributed by atoms with Crippen LogP contribution in [0.2, 0.25) is 0 Å². The maximum Gasteiger partial charge on any atom is 0.137 e. The quantitative estimate of drug-likeness (QED) is 0.252. The molecule has 1 atom stereocenters. The summed E-state index contributed by atoms with van der Waals surface area (Å²) >= 11 is 0. The first kappa shape index (κ1) is 32.0. The van der Waals surface area contributed by atoms with Crippen LogP contribution < -0.4 is 0 Å². The lowest BCUT2D eigenvalue weighted by Crippen LogP contribution is -2.39. The number of halogens is 2. The van der Waals surface area contributed by atoms with E-state index >= 15 is 0 Å².